The molecule has 0 aromatic heterocycles. The Bertz CT molecular complexity index is 715. The third kappa shape index (κ3) is 4.46. The molecule has 0 spiro atoms. The van der Waals surface area contributed by atoms with Gasteiger partial charge >= 0.3 is 5.97 Å². The van der Waals surface area contributed by atoms with Crippen molar-refractivity contribution in [3.8, 4) is 0 Å². The second-order valence-corrected chi connectivity index (χ2v) is 8.19. The molecule has 1 unspecified atom stereocenters. The Hall–Kier alpha value is -2.14. The van der Waals surface area contributed by atoms with Gasteiger partial charge in [0.05, 0.1) is 17.7 Å². The Morgan fingerprint density at radius 3 is 2.61 bits per heavy atom. The van der Waals surface area contributed by atoms with Crippen LogP contribution in [-0.2, 0) is 11.2 Å². The van der Waals surface area contributed by atoms with Crippen LogP contribution in [-0.4, -0.2) is 45.7 Å². The molecule has 1 aliphatic carbocycles. The highest BCUT2D eigenvalue weighted by Crippen LogP contribution is 2.47. The van der Waals surface area contributed by atoms with Crippen LogP contribution in [0.3, 0.4) is 0 Å². The van der Waals surface area contributed by atoms with Gasteiger partial charge in [-0.3, -0.25) is 4.79 Å². The molecule has 3 rings (SSSR count). The molecule has 2 atom stereocenters. The van der Waals surface area contributed by atoms with Crippen LogP contribution in [0.4, 0.5) is 0 Å². The molecule has 1 aliphatic heterocycles. The molecule has 152 valence electrons. The molecule has 1 aromatic rings. The third-order valence-electron chi connectivity index (χ3n) is 6.69. The first-order chi connectivity index (χ1) is 13.4. The lowest BCUT2D eigenvalue weighted by Crippen LogP contribution is -2.40. The van der Waals surface area contributed by atoms with Crippen molar-refractivity contribution in [2.45, 2.75) is 70.4 Å². The van der Waals surface area contributed by atoms with Gasteiger partial charge in [0.2, 0.25) is 5.91 Å². The van der Waals surface area contributed by atoms with Gasteiger partial charge in [0.25, 0.3) is 0 Å². The van der Waals surface area contributed by atoms with Gasteiger partial charge in [-0.05, 0) is 61.6 Å². The van der Waals surface area contributed by atoms with Crippen LogP contribution in [0.2, 0.25) is 0 Å². The molecule has 2 N–H and O–H groups in total. The molecule has 28 heavy (non-hydrogen) atoms. The Morgan fingerprint density at radius 1 is 1.32 bits per heavy atom. The first-order valence-corrected chi connectivity index (χ1v) is 10.4. The Labute approximate surface area is 167 Å². The minimum atomic E-state index is -0.930. The number of amides is 1. The number of hydrogen-bond acceptors (Lipinski definition) is 3. The van der Waals surface area contributed by atoms with E-state index in [1.807, 2.05) is 17.0 Å². The number of carbonyl (C=O) groups excluding carboxylic acids is 1. The van der Waals surface area contributed by atoms with Crippen molar-refractivity contribution in [2.75, 3.05) is 6.54 Å². The summed E-state index contributed by atoms with van der Waals surface area (Å²) in [5, 5.41) is 19.5. The summed E-state index contributed by atoms with van der Waals surface area (Å²) in [5.41, 5.74) is 1.41. The van der Waals surface area contributed by atoms with E-state index in [0.717, 1.165) is 31.2 Å². The minimum absolute atomic E-state index is 0.0944. The first kappa shape index (κ1) is 20.6. The number of carboxylic acid groups (broad SMARTS) is 1. The molecule has 0 bridgehead atoms. The lowest BCUT2D eigenvalue weighted by Gasteiger charge is -2.45. The standard InChI is InChI=1S/C23H31NO4/c1-2-23(14-4-15-23)20(25)6-3-5-19-11-12-21(26)24(19)16-13-17-7-9-18(10-8-17)22(27)28/h3,5,7-10,19-20,25H,2,4,6,11-16H2,1H3,(H,27,28)/b5-3+/t19?,20-/m0/s1. The van der Waals surface area contributed by atoms with Crippen molar-refractivity contribution < 1.29 is 19.8 Å². The van der Waals surface area contributed by atoms with E-state index < -0.39 is 5.97 Å². The van der Waals surface area contributed by atoms with Gasteiger partial charge in [-0.15, -0.1) is 0 Å². The van der Waals surface area contributed by atoms with Crippen molar-refractivity contribution in [1.82, 2.24) is 4.90 Å². The summed E-state index contributed by atoms with van der Waals surface area (Å²) >= 11 is 0. The van der Waals surface area contributed by atoms with Crippen LogP contribution >= 0.6 is 0 Å². The van der Waals surface area contributed by atoms with Gasteiger partial charge in [0.15, 0.2) is 0 Å². The molecule has 1 heterocycles. The van der Waals surface area contributed by atoms with E-state index in [0.29, 0.717) is 25.8 Å². The van der Waals surface area contributed by atoms with E-state index in [-0.39, 0.29) is 29.0 Å². The topological polar surface area (TPSA) is 77.8 Å². The SMILES string of the molecule is CCC1([C@@H](O)C/C=C/C2CCC(=O)N2CCc2ccc(C(=O)O)cc2)CCC1. The van der Waals surface area contributed by atoms with Crippen molar-refractivity contribution in [1.29, 1.82) is 0 Å². The Kier molecular flexibility index (Phi) is 6.55. The number of likely N-dealkylation sites (tertiary alicyclic amines) is 1. The average Bonchev–Trinajstić information content (AvgIpc) is 2.99. The lowest BCUT2D eigenvalue weighted by atomic mass is 9.63. The van der Waals surface area contributed by atoms with Gasteiger partial charge in [-0.25, -0.2) is 4.79 Å². The summed E-state index contributed by atoms with van der Waals surface area (Å²) in [6.07, 6.45) is 11.1. The highest BCUT2D eigenvalue weighted by atomic mass is 16.4. The van der Waals surface area contributed by atoms with Crippen LogP contribution in [0.15, 0.2) is 36.4 Å². The van der Waals surface area contributed by atoms with Gasteiger partial charge in [0.1, 0.15) is 0 Å². The Balaban J connectivity index is 1.53. The number of rotatable bonds is 9. The summed E-state index contributed by atoms with van der Waals surface area (Å²) in [7, 11) is 0. The van der Waals surface area contributed by atoms with E-state index >= 15 is 0 Å². The lowest BCUT2D eigenvalue weighted by molar-refractivity contribution is -0.128. The second kappa shape index (κ2) is 8.91. The highest BCUT2D eigenvalue weighted by Gasteiger charge is 2.41. The van der Waals surface area contributed by atoms with Crippen LogP contribution in [0.1, 0.15) is 67.8 Å². The summed E-state index contributed by atoms with van der Waals surface area (Å²) in [6, 6.07) is 6.93. The van der Waals surface area contributed by atoms with Crippen molar-refractivity contribution in [3.05, 3.63) is 47.5 Å². The minimum Gasteiger partial charge on any atom is -0.478 e. The summed E-state index contributed by atoms with van der Waals surface area (Å²) in [4.78, 5) is 25.1. The first-order valence-electron chi connectivity index (χ1n) is 10.4. The number of hydrogen-bond donors (Lipinski definition) is 2. The third-order valence-corrected chi connectivity index (χ3v) is 6.69. The van der Waals surface area contributed by atoms with E-state index in [1.54, 1.807) is 12.1 Å². The van der Waals surface area contributed by atoms with Crippen LogP contribution < -0.4 is 0 Å². The molecule has 2 fully saturated rings. The van der Waals surface area contributed by atoms with Gasteiger partial charge in [-0.1, -0.05) is 37.6 Å². The maximum Gasteiger partial charge on any atom is 0.335 e. The summed E-state index contributed by atoms with van der Waals surface area (Å²) < 4.78 is 0. The fraction of sp³-hybridized carbons (Fsp3) is 0.565. The predicted molar refractivity (Wildman–Crippen MR) is 108 cm³/mol. The van der Waals surface area contributed by atoms with Gasteiger partial charge in [0, 0.05) is 13.0 Å². The predicted octanol–water partition coefficient (Wildman–Crippen LogP) is 3.81. The summed E-state index contributed by atoms with van der Waals surface area (Å²) in [6.45, 7) is 2.79. The smallest absolute Gasteiger partial charge is 0.335 e. The number of aliphatic hydroxyl groups excluding tert-OH is 1. The molecular weight excluding hydrogens is 354 g/mol. The van der Waals surface area contributed by atoms with Crippen molar-refractivity contribution in [3.63, 3.8) is 0 Å². The number of aliphatic hydroxyl groups is 1. The molecule has 0 radical (unpaired) electrons. The monoisotopic (exact) mass is 385 g/mol. The molecular formula is C23H31NO4. The number of carboxylic acids is 1. The molecule has 5 heteroatoms. The zero-order valence-corrected chi connectivity index (χ0v) is 16.6. The number of benzene rings is 1. The number of carbonyl (C=O) groups is 2. The van der Waals surface area contributed by atoms with E-state index in [1.165, 1.54) is 6.42 Å². The maximum absolute atomic E-state index is 12.3. The number of aromatic carboxylic acids is 1. The molecule has 1 amide bonds. The summed E-state index contributed by atoms with van der Waals surface area (Å²) in [5.74, 6) is -0.762. The van der Waals surface area contributed by atoms with Crippen LogP contribution in [0.5, 0.6) is 0 Å². The highest BCUT2D eigenvalue weighted by molar-refractivity contribution is 5.87. The van der Waals surface area contributed by atoms with Crippen molar-refractivity contribution >= 4 is 11.9 Å². The second-order valence-electron chi connectivity index (χ2n) is 8.19. The van der Waals surface area contributed by atoms with E-state index in [4.69, 9.17) is 5.11 Å². The molecule has 2 aliphatic rings. The largest absolute Gasteiger partial charge is 0.478 e. The average molecular weight is 386 g/mol. The maximum atomic E-state index is 12.3. The zero-order valence-electron chi connectivity index (χ0n) is 16.6. The van der Waals surface area contributed by atoms with Crippen molar-refractivity contribution in [2.24, 2.45) is 5.41 Å². The number of nitrogens with zero attached hydrogens (tertiary/aromatic N) is 1. The molecule has 1 aromatic carbocycles. The van der Waals surface area contributed by atoms with E-state index in [2.05, 4.69) is 19.1 Å². The fourth-order valence-corrected chi connectivity index (χ4v) is 4.48. The van der Waals surface area contributed by atoms with Gasteiger partial charge < -0.3 is 15.1 Å². The zero-order chi connectivity index (χ0) is 20.1. The normalized spacial score (nSPS) is 22.4. The molecule has 1 saturated carbocycles. The quantitative estimate of drug-likeness (QED) is 0.634. The molecule has 5 nitrogen and oxygen atoms in total. The van der Waals surface area contributed by atoms with E-state index in [9.17, 15) is 14.7 Å². The van der Waals surface area contributed by atoms with Crippen LogP contribution in [0.25, 0.3) is 0 Å². The van der Waals surface area contributed by atoms with Gasteiger partial charge in [-0.2, -0.15) is 0 Å². The fourth-order valence-electron chi connectivity index (χ4n) is 4.48. The molecule has 1 saturated heterocycles. The Morgan fingerprint density at radius 2 is 2.04 bits per heavy atom. The van der Waals surface area contributed by atoms with Crippen LogP contribution in [0, 0.1) is 5.41 Å².